The highest BCUT2D eigenvalue weighted by Crippen LogP contribution is 2.41. The van der Waals surface area contributed by atoms with Gasteiger partial charge in [0.25, 0.3) is 0 Å². The van der Waals surface area contributed by atoms with E-state index in [1.807, 2.05) is 57.2 Å². The van der Waals surface area contributed by atoms with Crippen LogP contribution < -0.4 is 14.5 Å². The van der Waals surface area contributed by atoms with Crippen molar-refractivity contribution < 1.29 is 18.6 Å². The van der Waals surface area contributed by atoms with Gasteiger partial charge < -0.3 is 19.6 Å². The topological polar surface area (TPSA) is 61.7 Å². The van der Waals surface area contributed by atoms with Crippen molar-refractivity contribution in [2.45, 2.75) is 78.4 Å². The summed E-state index contributed by atoms with van der Waals surface area (Å²) in [6, 6.07) is 33.5. The molecule has 0 aliphatic carbocycles. The molecule has 2 aliphatic heterocycles. The summed E-state index contributed by atoms with van der Waals surface area (Å²) in [6.07, 6.45) is 6.47. The van der Waals surface area contributed by atoms with Crippen molar-refractivity contribution >= 4 is 44.8 Å². The van der Waals surface area contributed by atoms with Gasteiger partial charge >= 0.3 is 0 Å². The van der Waals surface area contributed by atoms with Crippen LogP contribution in [0.15, 0.2) is 109 Å². The number of piperidine rings is 2. The third-order valence-electron chi connectivity index (χ3n) is 12.1. The van der Waals surface area contributed by atoms with Gasteiger partial charge in [-0.1, -0.05) is 48.0 Å². The number of anilines is 2. The minimum absolute atomic E-state index is 0.255. The number of aliphatic hydroxyl groups is 1. The lowest BCUT2D eigenvalue weighted by Gasteiger charge is -2.29. The molecule has 1 N–H and O–H groups in total. The highest BCUT2D eigenvalue weighted by Gasteiger charge is 2.24. The number of para-hydroxylation sites is 1. The van der Waals surface area contributed by atoms with E-state index >= 15 is 0 Å². The van der Waals surface area contributed by atoms with Gasteiger partial charge in [-0.3, -0.25) is 9.97 Å². The molecular formula is C52H53ClF2N4O2. The number of fused-ring (bicyclic) bond motifs is 2. The number of aryl methyl sites for hydroxylation is 2. The summed E-state index contributed by atoms with van der Waals surface area (Å²) >= 11 is 6.38. The van der Waals surface area contributed by atoms with Crippen LogP contribution in [0.3, 0.4) is 0 Å². The molecule has 0 radical (unpaired) electrons. The first-order chi connectivity index (χ1) is 29.5. The molecule has 61 heavy (non-hydrogen) atoms. The predicted octanol–water partition coefficient (Wildman–Crippen LogP) is 13.5. The van der Waals surface area contributed by atoms with E-state index in [2.05, 4.69) is 46.2 Å². The molecular weight excluding hydrogens is 786 g/mol. The van der Waals surface area contributed by atoms with Crippen molar-refractivity contribution in [3.63, 3.8) is 0 Å². The number of aliphatic hydroxyl groups excluding tert-OH is 1. The van der Waals surface area contributed by atoms with Crippen LogP contribution in [0.2, 0.25) is 5.02 Å². The second kappa shape index (κ2) is 18.6. The van der Waals surface area contributed by atoms with E-state index < -0.39 is 6.10 Å². The lowest BCUT2D eigenvalue weighted by molar-refractivity contribution is 0.199. The number of pyridine rings is 2. The van der Waals surface area contributed by atoms with E-state index in [0.29, 0.717) is 10.8 Å². The normalized spacial score (nSPS) is 15.3. The molecule has 2 atom stereocenters. The number of hydrogen-bond acceptors (Lipinski definition) is 6. The summed E-state index contributed by atoms with van der Waals surface area (Å²) < 4.78 is 33.7. The summed E-state index contributed by atoms with van der Waals surface area (Å²) in [5.74, 6) is 0.111. The number of ether oxygens (including phenoxy) is 1. The minimum Gasteiger partial charge on any atom is -0.484 e. The van der Waals surface area contributed by atoms with Crippen molar-refractivity contribution in [1.82, 2.24) is 9.97 Å². The van der Waals surface area contributed by atoms with Crippen LogP contribution in [0.5, 0.6) is 5.75 Å². The number of rotatable bonds is 8. The molecule has 6 nitrogen and oxygen atoms in total. The average molecular weight is 839 g/mol. The number of nitrogens with zero attached hydrogens (tertiary/aromatic N) is 4. The van der Waals surface area contributed by atoms with Gasteiger partial charge in [0.1, 0.15) is 23.5 Å². The van der Waals surface area contributed by atoms with Crippen molar-refractivity contribution in [1.29, 1.82) is 0 Å². The maximum atomic E-state index is 13.8. The first-order valence-electron chi connectivity index (χ1n) is 21.5. The van der Waals surface area contributed by atoms with Crippen LogP contribution in [0.25, 0.3) is 44.1 Å². The zero-order chi connectivity index (χ0) is 42.6. The Morgan fingerprint density at radius 1 is 0.590 bits per heavy atom. The Hall–Kier alpha value is -5.57. The lowest BCUT2D eigenvalue weighted by Crippen LogP contribution is -2.29. The molecule has 2 saturated heterocycles. The van der Waals surface area contributed by atoms with E-state index in [1.165, 1.54) is 74.2 Å². The Morgan fingerprint density at radius 2 is 1.03 bits per heavy atom. The van der Waals surface area contributed by atoms with Gasteiger partial charge in [-0.25, -0.2) is 8.78 Å². The molecule has 0 saturated carbocycles. The smallest absolute Gasteiger partial charge is 0.138 e. The van der Waals surface area contributed by atoms with E-state index in [0.717, 1.165) is 92.8 Å². The molecule has 314 valence electrons. The quantitative estimate of drug-likeness (QED) is 0.164. The standard InChI is InChI=1S/C29H28ClFN2O.C23H25FN2O/c1-19-28(20(2)34-27-9-5-4-8-25(27)30)29(21-10-12-22(31)13-11-21)24-18-23(14-15-26(24)32-19)33-16-6-3-7-17-33;1-15-22(16(2)27)23(17-6-8-18(24)9-7-17)20-14-19(10-11-21(20)25-15)26-12-4-3-5-13-26/h4-5,8-15,18,20H,3,6-7,16-17H2,1-2H3;6-11,14,16,27H,3-5,12-13H2,1-2H3. The first kappa shape index (κ1) is 42.1. The van der Waals surface area contributed by atoms with Crippen molar-refractivity contribution in [3.05, 3.63) is 148 Å². The second-order valence-electron chi connectivity index (χ2n) is 16.4. The monoisotopic (exact) mass is 838 g/mol. The summed E-state index contributed by atoms with van der Waals surface area (Å²) in [6.45, 7) is 12.0. The molecule has 2 unspecified atom stereocenters. The van der Waals surface area contributed by atoms with Gasteiger partial charge in [0.15, 0.2) is 0 Å². The van der Waals surface area contributed by atoms with Gasteiger partial charge in [-0.05, 0) is 161 Å². The Kier molecular flexibility index (Phi) is 12.8. The number of benzene rings is 5. The molecule has 0 amide bonds. The Morgan fingerprint density at radius 3 is 1.49 bits per heavy atom. The fourth-order valence-electron chi connectivity index (χ4n) is 9.13. The van der Waals surface area contributed by atoms with Crippen LogP contribution in [-0.4, -0.2) is 41.3 Å². The van der Waals surface area contributed by atoms with Crippen molar-refractivity contribution in [2.24, 2.45) is 0 Å². The fraction of sp³-hybridized carbons (Fsp3) is 0.308. The Labute approximate surface area is 362 Å². The Balaban J connectivity index is 0.000000173. The largest absolute Gasteiger partial charge is 0.484 e. The van der Waals surface area contributed by atoms with Crippen LogP contribution in [-0.2, 0) is 0 Å². The molecule has 9 rings (SSSR count). The third-order valence-corrected chi connectivity index (χ3v) is 12.4. The lowest BCUT2D eigenvalue weighted by atomic mass is 9.91. The van der Waals surface area contributed by atoms with Crippen LogP contribution in [0.1, 0.15) is 87.1 Å². The fourth-order valence-corrected chi connectivity index (χ4v) is 9.31. The molecule has 4 heterocycles. The van der Waals surface area contributed by atoms with Gasteiger partial charge in [-0.2, -0.15) is 0 Å². The summed E-state index contributed by atoms with van der Waals surface area (Å²) in [5.41, 5.74) is 11.5. The SMILES string of the molecule is Cc1nc2ccc(N3CCCCC3)cc2c(-c2ccc(F)cc2)c1C(C)O.Cc1nc2ccc(N3CCCCC3)cc2c(-c2ccc(F)cc2)c1C(C)Oc1ccccc1Cl. The zero-order valence-corrected chi connectivity index (χ0v) is 36.2. The highest BCUT2D eigenvalue weighted by molar-refractivity contribution is 6.32. The molecule has 0 bridgehead atoms. The Bertz CT molecular complexity index is 2640. The van der Waals surface area contributed by atoms with Crippen LogP contribution >= 0.6 is 11.6 Å². The van der Waals surface area contributed by atoms with Gasteiger partial charge in [0.2, 0.25) is 0 Å². The molecule has 2 fully saturated rings. The molecule has 7 aromatic rings. The van der Waals surface area contributed by atoms with E-state index in [4.69, 9.17) is 26.3 Å². The zero-order valence-electron chi connectivity index (χ0n) is 35.4. The number of aromatic nitrogens is 2. The molecule has 2 aliphatic rings. The van der Waals surface area contributed by atoms with Crippen LogP contribution in [0.4, 0.5) is 20.2 Å². The van der Waals surface area contributed by atoms with Gasteiger partial charge in [-0.15, -0.1) is 0 Å². The molecule has 9 heteroatoms. The summed E-state index contributed by atoms with van der Waals surface area (Å²) in [5, 5.41) is 13.1. The maximum absolute atomic E-state index is 13.8. The number of hydrogen-bond donors (Lipinski definition) is 1. The first-order valence-corrected chi connectivity index (χ1v) is 21.9. The number of halogens is 3. The van der Waals surface area contributed by atoms with E-state index in [1.54, 1.807) is 19.1 Å². The summed E-state index contributed by atoms with van der Waals surface area (Å²) in [4.78, 5) is 14.5. The minimum atomic E-state index is -0.652. The molecule has 5 aromatic carbocycles. The highest BCUT2D eigenvalue weighted by atomic mass is 35.5. The van der Waals surface area contributed by atoms with Crippen molar-refractivity contribution in [3.8, 4) is 28.0 Å². The summed E-state index contributed by atoms with van der Waals surface area (Å²) in [7, 11) is 0. The van der Waals surface area contributed by atoms with E-state index in [-0.39, 0.29) is 17.7 Å². The van der Waals surface area contributed by atoms with Crippen LogP contribution in [0, 0.1) is 25.5 Å². The third kappa shape index (κ3) is 9.21. The molecule has 2 aromatic heterocycles. The molecule has 0 spiro atoms. The van der Waals surface area contributed by atoms with Crippen molar-refractivity contribution in [2.75, 3.05) is 36.0 Å². The average Bonchev–Trinajstić information content (AvgIpc) is 3.27. The van der Waals surface area contributed by atoms with Gasteiger partial charge in [0.05, 0.1) is 22.2 Å². The maximum Gasteiger partial charge on any atom is 0.138 e. The van der Waals surface area contributed by atoms with E-state index in [9.17, 15) is 13.9 Å². The second-order valence-corrected chi connectivity index (χ2v) is 16.8. The van der Waals surface area contributed by atoms with Gasteiger partial charge in [0, 0.05) is 70.8 Å². The predicted molar refractivity (Wildman–Crippen MR) is 247 cm³/mol.